The van der Waals surface area contributed by atoms with Gasteiger partial charge in [0.2, 0.25) is 5.91 Å². The van der Waals surface area contributed by atoms with E-state index in [0.717, 1.165) is 5.56 Å². The number of benzene rings is 1. The minimum atomic E-state index is -0.436. The summed E-state index contributed by atoms with van der Waals surface area (Å²) < 4.78 is 12.5. The number of hydrogen-bond donors (Lipinski definition) is 1. The molecule has 0 aromatic heterocycles. The second-order valence-electron chi connectivity index (χ2n) is 2.75. The normalized spacial score (nSPS) is 9.62. The Balaban J connectivity index is 2.78. The lowest BCUT2D eigenvalue weighted by Crippen LogP contribution is -2.10. The van der Waals surface area contributed by atoms with Gasteiger partial charge in [-0.05, 0) is 23.3 Å². The Hall–Kier alpha value is -1.64. The maximum absolute atomic E-state index is 12.5. The summed E-state index contributed by atoms with van der Waals surface area (Å²) in [5, 5.41) is 0. The summed E-state index contributed by atoms with van der Waals surface area (Å²) >= 11 is 0. The van der Waals surface area contributed by atoms with Crippen LogP contribution >= 0.6 is 0 Å². The molecule has 2 N–H and O–H groups in total. The Morgan fingerprint density at radius 3 is 2.38 bits per heavy atom. The van der Waals surface area contributed by atoms with Crippen molar-refractivity contribution in [1.29, 1.82) is 0 Å². The maximum Gasteiger partial charge on any atom is 0.221 e. The Kier molecular flexibility index (Phi) is 2.80. The lowest BCUT2D eigenvalue weighted by Gasteiger charge is -2.02. The average Bonchev–Trinajstić information content (AvgIpc) is 2.04. The van der Waals surface area contributed by atoms with E-state index in [-0.39, 0.29) is 12.2 Å². The summed E-state index contributed by atoms with van der Waals surface area (Å²) in [6.07, 6.45) is 0.103. The van der Waals surface area contributed by atoms with E-state index in [4.69, 9.17) is 5.73 Å². The smallest absolute Gasteiger partial charge is 0.221 e. The van der Waals surface area contributed by atoms with Gasteiger partial charge in [-0.15, -0.1) is 0 Å². The van der Waals surface area contributed by atoms with Gasteiger partial charge in [0.1, 0.15) is 5.82 Å². The highest BCUT2D eigenvalue weighted by molar-refractivity contribution is 5.86. The highest BCUT2D eigenvalue weighted by atomic mass is 19.1. The van der Waals surface area contributed by atoms with Crippen molar-refractivity contribution >= 4 is 11.5 Å². The first-order valence-electron chi connectivity index (χ1n) is 3.81. The quantitative estimate of drug-likeness (QED) is 0.754. The number of carbonyl (C=O) groups excluding carboxylic acids is 1. The number of rotatable bonds is 3. The van der Waals surface area contributed by atoms with Crippen molar-refractivity contribution in [2.75, 3.05) is 0 Å². The molecule has 68 valence electrons. The van der Waals surface area contributed by atoms with Crippen LogP contribution in [0.25, 0.3) is 5.57 Å². The summed E-state index contributed by atoms with van der Waals surface area (Å²) in [5.41, 5.74) is 6.33. The topological polar surface area (TPSA) is 43.1 Å². The summed E-state index contributed by atoms with van der Waals surface area (Å²) in [6, 6.07) is 5.78. The van der Waals surface area contributed by atoms with Crippen LogP contribution in [0, 0.1) is 5.82 Å². The predicted octanol–water partition coefficient (Wildman–Crippen LogP) is 1.71. The van der Waals surface area contributed by atoms with E-state index in [0.29, 0.717) is 5.57 Å². The van der Waals surface area contributed by atoms with Crippen molar-refractivity contribution in [1.82, 2.24) is 0 Å². The number of carbonyl (C=O) groups is 1. The lowest BCUT2D eigenvalue weighted by atomic mass is 10.0. The minimum Gasteiger partial charge on any atom is -0.369 e. The summed E-state index contributed by atoms with van der Waals surface area (Å²) in [4.78, 5) is 10.5. The van der Waals surface area contributed by atoms with Gasteiger partial charge in [0, 0.05) is 0 Å². The van der Waals surface area contributed by atoms with Crippen molar-refractivity contribution in [3.63, 3.8) is 0 Å². The van der Waals surface area contributed by atoms with Crippen molar-refractivity contribution in [2.45, 2.75) is 6.42 Å². The van der Waals surface area contributed by atoms with E-state index < -0.39 is 5.91 Å². The molecule has 0 saturated carbocycles. The fourth-order valence-corrected chi connectivity index (χ4v) is 0.998. The molecular formula is C10H10FNO. The number of halogens is 1. The van der Waals surface area contributed by atoms with E-state index in [1.165, 1.54) is 12.1 Å². The zero-order valence-corrected chi connectivity index (χ0v) is 7.09. The Labute approximate surface area is 75.9 Å². The Morgan fingerprint density at radius 2 is 1.92 bits per heavy atom. The summed E-state index contributed by atoms with van der Waals surface area (Å²) in [5.74, 6) is -0.745. The van der Waals surface area contributed by atoms with Crippen molar-refractivity contribution in [3.05, 3.63) is 42.2 Å². The zero-order valence-electron chi connectivity index (χ0n) is 7.09. The van der Waals surface area contributed by atoms with Gasteiger partial charge >= 0.3 is 0 Å². The van der Waals surface area contributed by atoms with Crippen LogP contribution < -0.4 is 5.73 Å². The molecule has 0 fully saturated rings. The highest BCUT2D eigenvalue weighted by Gasteiger charge is 2.02. The molecule has 0 atom stereocenters. The molecule has 1 amide bonds. The summed E-state index contributed by atoms with van der Waals surface area (Å²) in [6.45, 7) is 3.67. The van der Waals surface area contributed by atoms with E-state index in [1.54, 1.807) is 12.1 Å². The molecule has 0 unspecified atom stereocenters. The van der Waals surface area contributed by atoms with E-state index in [1.807, 2.05) is 0 Å². The molecule has 0 aliphatic carbocycles. The second kappa shape index (κ2) is 3.85. The predicted molar refractivity (Wildman–Crippen MR) is 49.2 cm³/mol. The molecule has 2 nitrogen and oxygen atoms in total. The molecule has 1 aromatic carbocycles. The third kappa shape index (κ3) is 2.71. The minimum absolute atomic E-state index is 0.103. The second-order valence-corrected chi connectivity index (χ2v) is 2.75. The Bertz CT molecular complexity index is 329. The van der Waals surface area contributed by atoms with Gasteiger partial charge < -0.3 is 5.73 Å². The molecule has 0 radical (unpaired) electrons. The van der Waals surface area contributed by atoms with Crippen LogP contribution in [0.15, 0.2) is 30.8 Å². The molecule has 0 bridgehead atoms. The molecule has 0 saturated heterocycles. The van der Waals surface area contributed by atoms with Crippen molar-refractivity contribution in [3.8, 4) is 0 Å². The van der Waals surface area contributed by atoms with Gasteiger partial charge in [-0.25, -0.2) is 4.39 Å². The molecular weight excluding hydrogens is 169 g/mol. The number of primary amides is 1. The first kappa shape index (κ1) is 9.45. The van der Waals surface area contributed by atoms with Gasteiger partial charge in [-0.2, -0.15) is 0 Å². The van der Waals surface area contributed by atoms with Gasteiger partial charge in [0.15, 0.2) is 0 Å². The molecule has 3 heteroatoms. The van der Waals surface area contributed by atoms with Crippen LogP contribution in [0.3, 0.4) is 0 Å². The zero-order chi connectivity index (χ0) is 9.84. The molecule has 13 heavy (non-hydrogen) atoms. The van der Waals surface area contributed by atoms with Crippen molar-refractivity contribution in [2.24, 2.45) is 5.73 Å². The van der Waals surface area contributed by atoms with Crippen LogP contribution in [-0.2, 0) is 4.79 Å². The average molecular weight is 179 g/mol. The van der Waals surface area contributed by atoms with Crippen LogP contribution in [0.4, 0.5) is 4.39 Å². The maximum atomic E-state index is 12.5. The lowest BCUT2D eigenvalue weighted by molar-refractivity contribution is -0.117. The molecule has 0 spiro atoms. The van der Waals surface area contributed by atoms with Gasteiger partial charge in [0.25, 0.3) is 0 Å². The SMILES string of the molecule is C=C(CC(N)=O)c1ccc(F)cc1. The standard InChI is InChI=1S/C10H10FNO/c1-7(6-10(12)13)8-2-4-9(11)5-3-8/h2-5H,1,6H2,(H2,12,13). The van der Waals surface area contributed by atoms with Gasteiger partial charge in [-0.3, -0.25) is 4.79 Å². The first-order valence-corrected chi connectivity index (χ1v) is 3.81. The number of nitrogens with two attached hydrogens (primary N) is 1. The van der Waals surface area contributed by atoms with Crippen LogP contribution in [0.2, 0.25) is 0 Å². The van der Waals surface area contributed by atoms with Crippen LogP contribution in [0.1, 0.15) is 12.0 Å². The Morgan fingerprint density at radius 1 is 1.38 bits per heavy atom. The van der Waals surface area contributed by atoms with Crippen LogP contribution in [-0.4, -0.2) is 5.91 Å². The van der Waals surface area contributed by atoms with Crippen molar-refractivity contribution < 1.29 is 9.18 Å². The highest BCUT2D eigenvalue weighted by Crippen LogP contribution is 2.15. The fourth-order valence-electron chi connectivity index (χ4n) is 0.998. The first-order chi connectivity index (χ1) is 6.09. The van der Waals surface area contributed by atoms with Gasteiger partial charge in [0.05, 0.1) is 6.42 Å². The molecule has 0 heterocycles. The van der Waals surface area contributed by atoms with E-state index in [9.17, 15) is 9.18 Å². The molecule has 0 aliphatic heterocycles. The molecule has 1 aromatic rings. The van der Waals surface area contributed by atoms with E-state index in [2.05, 4.69) is 6.58 Å². The largest absolute Gasteiger partial charge is 0.369 e. The molecule has 0 aliphatic rings. The fraction of sp³-hybridized carbons (Fsp3) is 0.100. The summed E-state index contributed by atoms with van der Waals surface area (Å²) in [7, 11) is 0. The molecule has 1 rings (SSSR count). The van der Waals surface area contributed by atoms with E-state index >= 15 is 0 Å². The monoisotopic (exact) mass is 179 g/mol. The third-order valence-corrected chi connectivity index (χ3v) is 1.64. The number of amides is 1. The third-order valence-electron chi connectivity index (χ3n) is 1.64. The number of hydrogen-bond acceptors (Lipinski definition) is 1. The van der Waals surface area contributed by atoms with Gasteiger partial charge in [-0.1, -0.05) is 18.7 Å². The van der Waals surface area contributed by atoms with Crippen LogP contribution in [0.5, 0.6) is 0 Å².